The Morgan fingerprint density at radius 1 is 1.22 bits per heavy atom. The van der Waals surface area contributed by atoms with Gasteiger partial charge in [0.05, 0.1) is 5.69 Å². The first-order valence-electron chi connectivity index (χ1n) is 5.85. The van der Waals surface area contributed by atoms with Gasteiger partial charge in [-0.3, -0.25) is 9.78 Å². The highest BCUT2D eigenvalue weighted by Crippen LogP contribution is 2.17. The number of pyridine rings is 1. The van der Waals surface area contributed by atoms with E-state index >= 15 is 0 Å². The van der Waals surface area contributed by atoms with Gasteiger partial charge in [-0.15, -0.1) is 0 Å². The van der Waals surface area contributed by atoms with Gasteiger partial charge in [-0.25, -0.2) is 0 Å². The fourth-order valence-electron chi connectivity index (χ4n) is 1.71. The van der Waals surface area contributed by atoms with Crippen LogP contribution in [0.25, 0.3) is 0 Å². The standard InChI is InChI=1S/C15H15NO2/c1-11-5-7-12(8-6-11)14(17)10-15(18)13-4-2-3-9-16-13/h2-9,15,18H,10H2,1H3. The predicted molar refractivity (Wildman–Crippen MR) is 69.3 cm³/mol. The van der Waals surface area contributed by atoms with E-state index in [2.05, 4.69) is 4.98 Å². The number of hydrogen-bond acceptors (Lipinski definition) is 3. The molecule has 92 valence electrons. The summed E-state index contributed by atoms with van der Waals surface area (Å²) in [5, 5.41) is 9.92. The minimum Gasteiger partial charge on any atom is -0.386 e. The smallest absolute Gasteiger partial charge is 0.165 e. The van der Waals surface area contributed by atoms with Gasteiger partial charge in [0.1, 0.15) is 6.10 Å². The maximum absolute atomic E-state index is 12.0. The molecule has 0 saturated carbocycles. The second-order valence-electron chi connectivity index (χ2n) is 4.26. The number of rotatable bonds is 4. The molecular weight excluding hydrogens is 226 g/mol. The van der Waals surface area contributed by atoms with E-state index in [1.165, 1.54) is 0 Å². The molecule has 18 heavy (non-hydrogen) atoms. The van der Waals surface area contributed by atoms with Crippen molar-refractivity contribution in [3.8, 4) is 0 Å². The number of aliphatic hydroxyl groups excluding tert-OH is 1. The molecule has 1 N–H and O–H groups in total. The van der Waals surface area contributed by atoms with E-state index in [9.17, 15) is 9.90 Å². The summed E-state index contributed by atoms with van der Waals surface area (Å²) in [4.78, 5) is 16.0. The van der Waals surface area contributed by atoms with Crippen molar-refractivity contribution in [2.75, 3.05) is 0 Å². The summed E-state index contributed by atoms with van der Waals surface area (Å²) in [5.74, 6) is -0.0758. The van der Waals surface area contributed by atoms with E-state index in [0.717, 1.165) is 5.56 Å². The predicted octanol–water partition coefficient (Wildman–Crippen LogP) is 2.70. The normalized spacial score (nSPS) is 12.1. The van der Waals surface area contributed by atoms with Gasteiger partial charge >= 0.3 is 0 Å². The maximum atomic E-state index is 12.0. The van der Waals surface area contributed by atoms with E-state index < -0.39 is 6.10 Å². The Morgan fingerprint density at radius 3 is 2.56 bits per heavy atom. The summed E-state index contributed by atoms with van der Waals surface area (Å²) in [7, 11) is 0. The molecule has 1 heterocycles. The van der Waals surface area contributed by atoms with Gasteiger partial charge in [0.2, 0.25) is 0 Å². The number of hydrogen-bond donors (Lipinski definition) is 1. The lowest BCUT2D eigenvalue weighted by atomic mass is 10.0. The highest BCUT2D eigenvalue weighted by molar-refractivity contribution is 5.96. The van der Waals surface area contributed by atoms with Crippen LogP contribution in [0, 0.1) is 6.92 Å². The molecule has 0 aliphatic heterocycles. The van der Waals surface area contributed by atoms with Gasteiger partial charge in [0.15, 0.2) is 5.78 Å². The van der Waals surface area contributed by atoms with Crippen LogP contribution in [0.2, 0.25) is 0 Å². The number of aromatic nitrogens is 1. The molecule has 2 aromatic rings. The van der Waals surface area contributed by atoms with E-state index in [0.29, 0.717) is 11.3 Å². The zero-order chi connectivity index (χ0) is 13.0. The first kappa shape index (κ1) is 12.5. The van der Waals surface area contributed by atoms with Crippen molar-refractivity contribution in [3.05, 3.63) is 65.5 Å². The fourth-order valence-corrected chi connectivity index (χ4v) is 1.71. The summed E-state index contributed by atoms with van der Waals surface area (Å²) >= 11 is 0. The third-order valence-electron chi connectivity index (χ3n) is 2.78. The van der Waals surface area contributed by atoms with Crippen LogP contribution in [0.15, 0.2) is 48.7 Å². The zero-order valence-electron chi connectivity index (χ0n) is 10.2. The quantitative estimate of drug-likeness (QED) is 0.837. The zero-order valence-corrected chi connectivity index (χ0v) is 10.2. The van der Waals surface area contributed by atoms with Crippen LogP contribution in [0.5, 0.6) is 0 Å². The molecule has 0 saturated heterocycles. The molecule has 1 aromatic carbocycles. The summed E-state index contributed by atoms with van der Waals surface area (Å²) in [6.45, 7) is 1.97. The summed E-state index contributed by atoms with van der Waals surface area (Å²) in [5.41, 5.74) is 2.25. The lowest BCUT2D eigenvalue weighted by Gasteiger charge is -2.09. The second kappa shape index (κ2) is 5.56. The topological polar surface area (TPSA) is 50.2 Å². The largest absolute Gasteiger partial charge is 0.386 e. The SMILES string of the molecule is Cc1ccc(C(=O)CC(O)c2ccccn2)cc1. The molecule has 1 aromatic heterocycles. The number of aliphatic hydroxyl groups is 1. The molecule has 3 heteroatoms. The molecule has 2 rings (SSSR count). The van der Waals surface area contributed by atoms with E-state index in [-0.39, 0.29) is 12.2 Å². The Hall–Kier alpha value is -2.00. The lowest BCUT2D eigenvalue weighted by molar-refractivity contribution is 0.0874. The molecule has 0 aliphatic carbocycles. The summed E-state index contributed by atoms with van der Waals surface area (Å²) in [6, 6.07) is 12.6. The van der Waals surface area contributed by atoms with E-state index in [4.69, 9.17) is 0 Å². The van der Waals surface area contributed by atoms with Crippen LogP contribution < -0.4 is 0 Å². The van der Waals surface area contributed by atoms with Gasteiger partial charge in [-0.2, -0.15) is 0 Å². The van der Waals surface area contributed by atoms with Crippen molar-refractivity contribution in [2.45, 2.75) is 19.4 Å². The van der Waals surface area contributed by atoms with Crippen LogP contribution in [0.1, 0.15) is 34.1 Å². The van der Waals surface area contributed by atoms with E-state index in [1.807, 2.05) is 19.1 Å². The number of carbonyl (C=O) groups is 1. The van der Waals surface area contributed by atoms with Crippen LogP contribution in [-0.2, 0) is 0 Å². The molecule has 0 radical (unpaired) electrons. The Bertz CT molecular complexity index is 520. The van der Waals surface area contributed by atoms with Crippen molar-refractivity contribution in [1.82, 2.24) is 4.98 Å². The van der Waals surface area contributed by atoms with Crippen molar-refractivity contribution in [1.29, 1.82) is 0 Å². The van der Waals surface area contributed by atoms with Gasteiger partial charge in [-0.05, 0) is 19.1 Å². The Balaban J connectivity index is 2.06. The third kappa shape index (κ3) is 3.02. The average Bonchev–Trinajstić information content (AvgIpc) is 2.40. The van der Waals surface area contributed by atoms with Gasteiger partial charge < -0.3 is 5.11 Å². The van der Waals surface area contributed by atoms with Crippen molar-refractivity contribution in [3.63, 3.8) is 0 Å². The van der Waals surface area contributed by atoms with Gasteiger partial charge in [0.25, 0.3) is 0 Å². The fraction of sp³-hybridized carbons (Fsp3) is 0.200. The van der Waals surface area contributed by atoms with Crippen LogP contribution in [-0.4, -0.2) is 15.9 Å². The monoisotopic (exact) mass is 241 g/mol. The van der Waals surface area contributed by atoms with Crippen molar-refractivity contribution >= 4 is 5.78 Å². The summed E-state index contributed by atoms with van der Waals surface area (Å²) in [6.07, 6.45) is 0.814. The van der Waals surface area contributed by atoms with Crippen LogP contribution in [0.4, 0.5) is 0 Å². The lowest BCUT2D eigenvalue weighted by Crippen LogP contribution is -2.08. The molecule has 0 spiro atoms. The Labute approximate surface area is 106 Å². The van der Waals surface area contributed by atoms with Crippen LogP contribution in [0.3, 0.4) is 0 Å². The maximum Gasteiger partial charge on any atom is 0.165 e. The third-order valence-corrected chi connectivity index (χ3v) is 2.78. The number of nitrogens with zero attached hydrogens (tertiary/aromatic N) is 1. The van der Waals surface area contributed by atoms with Crippen LogP contribution >= 0.6 is 0 Å². The molecule has 1 atom stereocenters. The first-order chi connectivity index (χ1) is 8.66. The number of ketones is 1. The molecule has 0 amide bonds. The number of benzene rings is 1. The van der Waals surface area contributed by atoms with Crippen molar-refractivity contribution < 1.29 is 9.90 Å². The van der Waals surface area contributed by atoms with Crippen molar-refractivity contribution in [2.24, 2.45) is 0 Å². The highest BCUT2D eigenvalue weighted by atomic mass is 16.3. The molecule has 1 unspecified atom stereocenters. The minimum absolute atomic E-state index is 0.0556. The molecular formula is C15H15NO2. The second-order valence-corrected chi connectivity index (χ2v) is 4.26. The number of aryl methyl sites for hydroxylation is 1. The Kier molecular flexibility index (Phi) is 3.85. The molecule has 0 aliphatic rings. The number of Topliss-reactive ketones (excluding diaryl/α,β-unsaturated/α-hetero) is 1. The van der Waals surface area contributed by atoms with Gasteiger partial charge in [-0.1, -0.05) is 35.9 Å². The Morgan fingerprint density at radius 2 is 1.94 bits per heavy atom. The number of carbonyl (C=O) groups excluding carboxylic acids is 1. The molecule has 3 nitrogen and oxygen atoms in total. The summed E-state index contributed by atoms with van der Waals surface area (Å²) < 4.78 is 0. The van der Waals surface area contributed by atoms with Gasteiger partial charge in [0, 0.05) is 18.2 Å². The molecule has 0 bridgehead atoms. The highest BCUT2D eigenvalue weighted by Gasteiger charge is 2.15. The molecule has 0 fully saturated rings. The first-order valence-corrected chi connectivity index (χ1v) is 5.85. The minimum atomic E-state index is -0.847. The van der Waals surface area contributed by atoms with E-state index in [1.54, 1.807) is 36.5 Å². The average molecular weight is 241 g/mol.